The molecule has 0 radical (unpaired) electrons. The largest absolute Gasteiger partial charge is 0.497 e. The van der Waals surface area contributed by atoms with Crippen LogP contribution in [0.1, 0.15) is 37.1 Å². The Morgan fingerprint density at radius 2 is 1.85 bits per heavy atom. The fourth-order valence-corrected chi connectivity index (χ4v) is 3.70. The van der Waals surface area contributed by atoms with Crippen molar-refractivity contribution in [2.45, 2.75) is 40.2 Å². The van der Waals surface area contributed by atoms with Gasteiger partial charge in [-0.05, 0) is 76.9 Å². The highest BCUT2D eigenvalue weighted by molar-refractivity contribution is 14.0. The molecule has 0 amide bonds. The van der Waals surface area contributed by atoms with Gasteiger partial charge in [0.15, 0.2) is 5.96 Å². The number of rotatable bonds is 10. The van der Waals surface area contributed by atoms with Crippen LogP contribution >= 0.6 is 24.0 Å². The van der Waals surface area contributed by atoms with Gasteiger partial charge in [-0.1, -0.05) is 0 Å². The third-order valence-corrected chi connectivity index (χ3v) is 5.71. The van der Waals surface area contributed by atoms with Crippen LogP contribution in [0.4, 0.5) is 0 Å². The number of oxazole rings is 1. The molecular weight excluding hydrogens is 533 g/mol. The second kappa shape index (κ2) is 14.3. The molecule has 1 aliphatic heterocycles. The summed E-state index contributed by atoms with van der Waals surface area (Å²) in [5, 5.41) is 6.68. The fraction of sp³-hybridized carbons (Fsp3) is 0.583. The lowest BCUT2D eigenvalue weighted by atomic mass is 9.97. The number of aryl methyl sites for hydroxylation is 2. The predicted octanol–water partition coefficient (Wildman–Crippen LogP) is 3.76. The maximum absolute atomic E-state index is 5.78. The van der Waals surface area contributed by atoms with Crippen LogP contribution in [0.3, 0.4) is 0 Å². The first-order valence-corrected chi connectivity index (χ1v) is 11.5. The van der Waals surface area contributed by atoms with Crippen LogP contribution in [0.15, 0.2) is 33.7 Å². The lowest BCUT2D eigenvalue weighted by Crippen LogP contribution is -2.40. The van der Waals surface area contributed by atoms with E-state index < -0.39 is 0 Å². The van der Waals surface area contributed by atoms with Gasteiger partial charge in [-0.3, -0.25) is 9.89 Å². The molecule has 0 spiro atoms. The van der Waals surface area contributed by atoms with Crippen molar-refractivity contribution in [3.63, 3.8) is 0 Å². The third-order valence-electron chi connectivity index (χ3n) is 5.71. The second-order valence-corrected chi connectivity index (χ2v) is 8.14. The van der Waals surface area contributed by atoms with Gasteiger partial charge in [0.1, 0.15) is 23.9 Å². The second-order valence-electron chi connectivity index (χ2n) is 8.14. The van der Waals surface area contributed by atoms with Crippen molar-refractivity contribution < 1.29 is 13.9 Å². The first-order valence-electron chi connectivity index (χ1n) is 11.5. The van der Waals surface area contributed by atoms with E-state index in [4.69, 9.17) is 18.9 Å². The minimum Gasteiger partial charge on any atom is -0.497 e. The summed E-state index contributed by atoms with van der Waals surface area (Å²) in [4.78, 5) is 11.7. The quantitative estimate of drug-likeness (QED) is 0.195. The van der Waals surface area contributed by atoms with Gasteiger partial charge in [0.25, 0.3) is 0 Å². The van der Waals surface area contributed by atoms with Crippen LogP contribution in [0.25, 0.3) is 0 Å². The molecule has 1 saturated heterocycles. The number of nitrogens with one attached hydrogen (secondary N) is 2. The molecule has 1 aliphatic rings. The number of hydrogen-bond acceptors (Lipinski definition) is 6. The van der Waals surface area contributed by atoms with Crippen molar-refractivity contribution in [2.75, 3.05) is 46.4 Å². The Balaban J connectivity index is 0.00000385. The number of aromatic nitrogens is 1. The zero-order valence-electron chi connectivity index (χ0n) is 20.2. The van der Waals surface area contributed by atoms with Crippen molar-refractivity contribution in [1.82, 2.24) is 20.5 Å². The number of nitrogens with zero attached hydrogens (tertiary/aromatic N) is 3. The number of hydrogen-bond donors (Lipinski definition) is 2. The molecular formula is C24H38IN5O3. The number of ether oxygens (including phenoxy) is 2. The molecule has 33 heavy (non-hydrogen) atoms. The molecule has 2 aromatic rings. The smallest absolute Gasteiger partial charge is 0.208 e. The highest BCUT2D eigenvalue weighted by atomic mass is 127. The van der Waals surface area contributed by atoms with E-state index in [-0.39, 0.29) is 24.0 Å². The van der Waals surface area contributed by atoms with E-state index in [0.717, 1.165) is 80.4 Å². The maximum atomic E-state index is 5.78. The van der Waals surface area contributed by atoms with Crippen LogP contribution in [0.2, 0.25) is 0 Å². The number of aliphatic imine (C=N–C) groups is 1. The van der Waals surface area contributed by atoms with E-state index in [1.54, 1.807) is 7.11 Å². The summed E-state index contributed by atoms with van der Waals surface area (Å²) in [5.41, 5.74) is 0.988. The molecule has 1 aromatic carbocycles. The Morgan fingerprint density at radius 1 is 1.15 bits per heavy atom. The highest BCUT2D eigenvalue weighted by Gasteiger charge is 2.21. The van der Waals surface area contributed by atoms with Gasteiger partial charge in [0.2, 0.25) is 5.89 Å². The van der Waals surface area contributed by atoms with Crippen LogP contribution in [-0.2, 0) is 6.54 Å². The molecule has 0 aliphatic carbocycles. The predicted molar refractivity (Wildman–Crippen MR) is 142 cm³/mol. The van der Waals surface area contributed by atoms with Gasteiger partial charge < -0.3 is 24.5 Å². The zero-order valence-corrected chi connectivity index (χ0v) is 22.6. The summed E-state index contributed by atoms with van der Waals surface area (Å²) in [5.74, 6) is 4.85. The summed E-state index contributed by atoms with van der Waals surface area (Å²) in [6.07, 6.45) is 2.28. The molecule has 1 aromatic heterocycles. The monoisotopic (exact) mass is 571 g/mol. The summed E-state index contributed by atoms with van der Waals surface area (Å²) >= 11 is 0. The molecule has 0 saturated carbocycles. The molecule has 184 valence electrons. The van der Waals surface area contributed by atoms with Crippen molar-refractivity contribution in [2.24, 2.45) is 10.9 Å². The molecule has 0 unspecified atom stereocenters. The zero-order chi connectivity index (χ0) is 22.8. The molecule has 3 rings (SSSR count). The van der Waals surface area contributed by atoms with Crippen molar-refractivity contribution in [3.8, 4) is 11.5 Å². The summed E-state index contributed by atoms with van der Waals surface area (Å²) in [6.45, 7) is 11.9. The molecule has 0 bridgehead atoms. The lowest BCUT2D eigenvalue weighted by molar-refractivity contribution is 0.166. The Hall–Kier alpha value is -2.01. The van der Waals surface area contributed by atoms with Crippen LogP contribution < -0.4 is 20.1 Å². The van der Waals surface area contributed by atoms with Gasteiger partial charge in [0.05, 0.1) is 25.9 Å². The van der Waals surface area contributed by atoms with Crippen molar-refractivity contribution in [3.05, 3.63) is 41.6 Å². The Morgan fingerprint density at radius 3 is 2.45 bits per heavy atom. The summed E-state index contributed by atoms with van der Waals surface area (Å²) in [6, 6.07) is 7.61. The fourth-order valence-electron chi connectivity index (χ4n) is 3.70. The Kier molecular flexibility index (Phi) is 11.8. The number of guanidine groups is 1. The maximum Gasteiger partial charge on any atom is 0.208 e. The normalized spacial score (nSPS) is 15.1. The number of benzene rings is 1. The summed E-state index contributed by atoms with van der Waals surface area (Å²) in [7, 11) is 1.66. The number of likely N-dealkylation sites (tertiary alicyclic amines) is 1. The number of methoxy groups -OCH3 is 1. The molecule has 1 fully saturated rings. The van der Waals surface area contributed by atoms with Gasteiger partial charge in [0, 0.05) is 13.1 Å². The lowest BCUT2D eigenvalue weighted by Gasteiger charge is -2.30. The van der Waals surface area contributed by atoms with E-state index in [1.807, 2.05) is 38.1 Å². The first-order chi connectivity index (χ1) is 15.6. The molecule has 0 atom stereocenters. The SMILES string of the molecule is CCNC(=NCC1CCN(Cc2nc(C)c(C)o2)CC1)NCCOc1ccc(OC)cc1.I. The van der Waals surface area contributed by atoms with Crippen molar-refractivity contribution >= 4 is 29.9 Å². The standard InChI is InChI=1S/C24H37N5O3.HI/c1-5-25-24(26-12-15-31-22-8-6-21(30-4)7-9-22)27-16-20-10-13-29(14-11-20)17-23-28-18(2)19(3)32-23;/h6-9,20H,5,10-17H2,1-4H3,(H2,25,26,27);1H. The van der Waals surface area contributed by atoms with Gasteiger partial charge >= 0.3 is 0 Å². The van der Waals surface area contributed by atoms with Crippen molar-refractivity contribution in [1.29, 1.82) is 0 Å². The van der Waals surface area contributed by atoms with Gasteiger partial charge in [-0.15, -0.1) is 24.0 Å². The minimum atomic E-state index is 0. The Bertz CT molecular complexity index is 829. The van der Waals surface area contributed by atoms with E-state index in [0.29, 0.717) is 19.1 Å². The topological polar surface area (TPSA) is 84.2 Å². The highest BCUT2D eigenvalue weighted by Crippen LogP contribution is 2.20. The van der Waals surface area contributed by atoms with E-state index in [9.17, 15) is 0 Å². The van der Waals surface area contributed by atoms with E-state index in [1.165, 1.54) is 0 Å². The van der Waals surface area contributed by atoms with Gasteiger partial charge in [-0.25, -0.2) is 4.98 Å². The average molecular weight is 572 g/mol. The van der Waals surface area contributed by atoms with Crippen LogP contribution in [0, 0.1) is 19.8 Å². The molecule has 2 N–H and O–H groups in total. The average Bonchev–Trinajstić information content (AvgIpc) is 3.12. The third kappa shape index (κ3) is 9.04. The minimum absolute atomic E-state index is 0. The summed E-state index contributed by atoms with van der Waals surface area (Å²) < 4.78 is 16.7. The molecule has 2 heterocycles. The van der Waals surface area contributed by atoms with Gasteiger partial charge in [-0.2, -0.15) is 0 Å². The van der Waals surface area contributed by atoms with E-state index in [2.05, 4.69) is 27.4 Å². The van der Waals surface area contributed by atoms with E-state index >= 15 is 0 Å². The Labute approximate surface area is 214 Å². The van der Waals surface area contributed by atoms with Crippen LogP contribution in [-0.4, -0.2) is 62.3 Å². The first kappa shape index (κ1) is 27.2. The van der Waals surface area contributed by atoms with Crippen LogP contribution in [0.5, 0.6) is 11.5 Å². The molecule has 8 nitrogen and oxygen atoms in total. The number of piperidine rings is 1. The number of halogens is 1. The molecule has 9 heteroatoms.